The summed E-state index contributed by atoms with van der Waals surface area (Å²) < 4.78 is 22.4. The highest BCUT2D eigenvalue weighted by atomic mass is 32.2. The van der Waals surface area contributed by atoms with Crippen molar-refractivity contribution in [1.82, 2.24) is 5.32 Å². The predicted molar refractivity (Wildman–Crippen MR) is 108 cm³/mol. The van der Waals surface area contributed by atoms with Gasteiger partial charge in [-0.05, 0) is 42.7 Å². The minimum Gasteiger partial charge on any atom is -0.356 e. The Balaban J connectivity index is 1.67. The van der Waals surface area contributed by atoms with Crippen LogP contribution in [-0.4, -0.2) is 33.8 Å². The molecule has 0 atom stereocenters. The molecule has 8 heteroatoms. The van der Waals surface area contributed by atoms with Crippen LogP contribution in [0, 0.1) is 0 Å². The molecule has 0 saturated heterocycles. The van der Waals surface area contributed by atoms with Crippen LogP contribution >= 0.6 is 0 Å². The molecule has 0 aliphatic heterocycles. The fourth-order valence-corrected chi connectivity index (χ4v) is 3.16. The number of primary sulfonamides is 1. The van der Waals surface area contributed by atoms with Gasteiger partial charge >= 0.3 is 0 Å². The molecule has 7 nitrogen and oxygen atoms in total. The highest BCUT2D eigenvalue weighted by Crippen LogP contribution is 2.13. The maximum absolute atomic E-state index is 12.2. The van der Waals surface area contributed by atoms with E-state index in [1.165, 1.54) is 12.1 Å². The van der Waals surface area contributed by atoms with E-state index < -0.39 is 10.0 Å². The second-order valence-corrected chi connectivity index (χ2v) is 7.99. The van der Waals surface area contributed by atoms with Gasteiger partial charge < -0.3 is 10.2 Å². The summed E-state index contributed by atoms with van der Waals surface area (Å²) in [6, 6.07) is 15.6. The van der Waals surface area contributed by atoms with Gasteiger partial charge in [0.05, 0.1) is 4.90 Å². The summed E-state index contributed by atoms with van der Waals surface area (Å²) in [5.74, 6) is -0.148. The Morgan fingerprint density at radius 2 is 1.64 bits per heavy atom. The number of sulfonamides is 1. The van der Waals surface area contributed by atoms with Crippen LogP contribution < -0.4 is 15.4 Å². The summed E-state index contributed by atoms with van der Waals surface area (Å²) in [7, 11) is -1.97. The van der Waals surface area contributed by atoms with Crippen molar-refractivity contribution in [3.05, 3.63) is 60.2 Å². The van der Waals surface area contributed by atoms with Gasteiger partial charge in [-0.3, -0.25) is 9.59 Å². The monoisotopic (exact) mass is 403 g/mol. The van der Waals surface area contributed by atoms with Crippen LogP contribution in [0.4, 0.5) is 5.69 Å². The second-order valence-electron chi connectivity index (χ2n) is 6.43. The number of anilines is 1. The highest BCUT2D eigenvalue weighted by Gasteiger charge is 2.11. The molecule has 0 saturated carbocycles. The zero-order valence-electron chi connectivity index (χ0n) is 15.8. The molecule has 2 aromatic carbocycles. The number of carbonyl (C=O) groups excluding carboxylic acids is 2. The lowest BCUT2D eigenvalue weighted by atomic mass is 10.1. The molecule has 2 amide bonds. The Morgan fingerprint density at radius 3 is 2.25 bits per heavy atom. The van der Waals surface area contributed by atoms with Gasteiger partial charge in [0.15, 0.2) is 0 Å². The predicted octanol–water partition coefficient (Wildman–Crippen LogP) is 1.83. The number of carbonyl (C=O) groups is 2. The second kappa shape index (κ2) is 10.0. The van der Waals surface area contributed by atoms with Gasteiger partial charge in [0, 0.05) is 32.1 Å². The van der Waals surface area contributed by atoms with Crippen LogP contribution in [0.5, 0.6) is 0 Å². The normalized spacial score (nSPS) is 11.1. The zero-order chi connectivity index (χ0) is 20.6. The van der Waals surface area contributed by atoms with Crippen LogP contribution in [0.25, 0.3) is 0 Å². The number of hydrogen-bond donors (Lipinski definition) is 2. The molecule has 0 heterocycles. The Kier molecular flexibility index (Phi) is 7.71. The molecule has 0 spiro atoms. The van der Waals surface area contributed by atoms with E-state index in [2.05, 4.69) is 5.32 Å². The molecule has 0 bridgehead atoms. The molecule has 28 heavy (non-hydrogen) atoms. The molecule has 0 unspecified atom stereocenters. The summed E-state index contributed by atoms with van der Waals surface area (Å²) >= 11 is 0. The van der Waals surface area contributed by atoms with Crippen molar-refractivity contribution in [3.63, 3.8) is 0 Å². The van der Waals surface area contributed by atoms with Crippen LogP contribution in [0.15, 0.2) is 59.5 Å². The Bertz CT molecular complexity index is 897. The first-order valence-electron chi connectivity index (χ1n) is 8.97. The fraction of sp³-hybridized carbons (Fsp3) is 0.300. The van der Waals surface area contributed by atoms with E-state index in [4.69, 9.17) is 5.14 Å². The number of benzene rings is 2. The van der Waals surface area contributed by atoms with Gasteiger partial charge in [0.25, 0.3) is 0 Å². The number of rotatable bonds is 9. The van der Waals surface area contributed by atoms with Crippen molar-refractivity contribution >= 4 is 27.5 Å². The number of nitrogens with zero attached hydrogens (tertiary/aromatic N) is 1. The molecule has 150 valence electrons. The molecule has 0 aliphatic rings. The standard InChI is InChI=1S/C20H25N3O4S/c1-23(17-6-3-2-4-7-17)20(25)9-5-8-19(24)22-15-14-16-10-12-18(13-11-16)28(21,26)27/h2-4,6-7,10-13H,5,8-9,14-15H2,1H3,(H,22,24)(H2,21,26,27). The molecular weight excluding hydrogens is 378 g/mol. The van der Waals surface area contributed by atoms with Crippen LogP contribution in [0.1, 0.15) is 24.8 Å². The van der Waals surface area contributed by atoms with E-state index in [1.54, 1.807) is 24.1 Å². The van der Waals surface area contributed by atoms with E-state index in [1.807, 2.05) is 30.3 Å². The average molecular weight is 404 g/mol. The maximum Gasteiger partial charge on any atom is 0.238 e. The number of para-hydroxylation sites is 1. The van der Waals surface area contributed by atoms with Crippen molar-refractivity contribution < 1.29 is 18.0 Å². The molecule has 0 fully saturated rings. The van der Waals surface area contributed by atoms with Crippen LogP contribution in [-0.2, 0) is 26.0 Å². The number of amides is 2. The van der Waals surface area contributed by atoms with E-state index in [0.29, 0.717) is 25.8 Å². The highest BCUT2D eigenvalue weighted by molar-refractivity contribution is 7.89. The lowest BCUT2D eigenvalue weighted by Crippen LogP contribution is -2.28. The lowest BCUT2D eigenvalue weighted by molar-refractivity contribution is -0.121. The fourth-order valence-electron chi connectivity index (χ4n) is 2.64. The summed E-state index contributed by atoms with van der Waals surface area (Å²) in [5, 5.41) is 7.86. The largest absolute Gasteiger partial charge is 0.356 e. The van der Waals surface area contributed by atoms with Crippen molar-refractivity contribution in [3.8, 4) is 0 Å². The summed E-state index contributed by atoms with van der Waals surface area (Å²) in [4.78, 5) is 25.7. The van der Waals surface area contributed by atoms with Crippen molar-refractivity contribution in [2.24, 2.45) is 5.14 Å². The van der Waals surface area contributed by atoms with Gasteiger partial charge in [-0.25, -0.2) is 13.6 Å². The van der Waals surface area contributed by atoms with Crippen LogP contribution in [0.3, 0.4) is 0 Å². The Hall–Kier alpha value is -2.71. The van der Waals surface area contributed by atoms with Crippen molar-refractivity contribution in [2.45, 2.75) is 30.6 Å². The number of hydrogen-bond acceptors (Lipinski definition) is 4. The average Bonchev–Trinajstić information content (AvgIpc) is 2.67. The third-order valence-electron chi connectivity index (χ3n) is 4.30. The van der Waals surface area contributed by atoms with Crippen LogP contribution in [0.2, 0.25) is 0 Å². The number of nitrogens with two attached hydrogens (primary N) is 1. The SMILES string of the molecule is CN(C(=O)CCCC(=O)NCCc1ccc(S(N)(=O)=O)cc1)c1ccccc1. The van der Waals surface area contributed by atoms with Gasteiger partial charge in [0.1, 0.15) is 0 Å². The van der Waals surface area contributed by atoms with Gasteiger partial charge in [0.2, 0.25) is 21.8 Å². The molecule has 0 aromatic heterocycles. The van der Waals surface area contributed by atoms with Gasteiger partial charge in [-0.2, -0.15) is 0 Å². The quantitative estimate of drug-likeness (QED) is 0.665. The molecule has 3 N–H and O–H groups in total. The minimum absolute atomic E-state index is 0.0334. The van der Waals surface area contributed by atoms with Gasteiger partial charge in [-0.1, -0.05) is 30.3 Å². The van der Waals surface area contributed by atoms with E-state index >= 15 is 0 Å². The molecule has 2 rings (SSSR count). The van der Waals surface area contributed by atoms with E-state index in [9.17, 15) is 18.0 Å². The summed E-state index contributed by atoms with van der Waals surface area (Å²) in [6.07, 6.45) is 1.63. The van der Waals surface area contributed by atoms with E-state index in [0.717, 1.165) is 11.3 Å². The first kappa shape index (κ1) is 21.6. The molecule has 0 aliphatic carbocycles. The van der Waals surface area contributed by atoms with Gasteiger partial charge in [-0.15, -0.1) is 0 Å². The topological polar surface area (TPSA) is 110 Å². The van der Waals surface area contributed by atoms with E-state index in [-0.39, 0.29) is 23.1 Å². The summed E-state index contributed by atoms with van der Waals surface area (Å²) in [5.41, 5.74) is 1.72. The zero-order valence-corrected chi connectivity index (χ0v) is 16.6. The Morgan fingerprint density at radius 1 is 1.00 bits per heavy atom. The first-order chi connectivity index (χ1) is 13.3. The third-order valence-corrected chi connectivity index (χ3v) is 5.23. The minimum atomic E-state index is -3.70. The third kappa shape index (κ3) is 6.79. The molecule has 0 radical (unpaired) electrons. The van der Waals surface area contributed by atoms with Crippen molar-refractivity contribution in [2.75, 3.05) is 18.5 Å². The maximum atomic E-state index is 12.2. The smallest absolute Gasteiger partial charge is 0.238 e. The molecular formula is C20H25N3O4S. The summed E-state index contributed by atoms with van der Waals surface area (Å²) in [6.45, 7) is 0.436. The number of nitrogens with one attached hydrogen (secondary N) is 1. The lowest BCUT2D eigenvalue weighted by Gasteiger charge is -2.17. The van der Waals surface area contributed by atoms with Crippen molar-refractivity contribution in [1.29, 1.82) is 0 Å². The molecule has 2 aromatic rings. The first-order valence-corrected chi connectivity index (χ1v) is 10.5. The Labute approximate surface area is 165 Å².